The van der Waals surface area contributed by atoms with Crippen molar-refractivity contribution in [3.8, 4) is 0 Å². The van der Waals surface area contributed by atoms with Gasteiger partial charge in [-0.05, 0) is 32.9 Å². The van der Waals surface area contributed by atoms with Gasteiger partial charge in [-0.25, -0.2) is 9.78 Å². The Morgan fingerprint density at radius 3 is 2.59 bits per heavy atom. The highest BCUT2D eigenvalue weighted by Crippen LogP contribution is 2.17. The Balaban J connectivity index is 3.10. The number of nitrogens with zero attached hydrogens (tertiary/aromatic N) is 2. The predicted molar refractivity (Wildman–Crippen MR) is 85.9 cm³/mol. The van der Waals surface area contributed by atoms with Crippen LogP contribution in [-0.2, 0) is 9.53 Å². The zero-order valence-corrected chi connectivity index (χ0v) is 13.8. The van der Waals surface area contributed by atoms with Gasteiger partial charge in [0.15, 0.2) is 5.17 Å². The van der Waals surface area contributed by atoms with Gasteiger partial charge in [0.05, 0.1) is 0 Å². The summed E-state index contributed by atoms with van der Waals surface area (Å²) in [5, 5.41) is 2.82. The number of carbonyl (C=O) groups excluding carboxylic acids is 2. The van der Waals surface area contributed by atoms with Crippen molar-refractivity contribution >= 4 is 46.2 Å². The number of ether oxygens (including phenoxy) is 1. The van der Waals surface area contributed by atoms with Crippen LogP contribution < -0.4 is 5.84 Å². The Bertz CT molecular complexity index is 649. The smallest absolute Gasteiger partial charge is 0.331 e. The van der Waals surface area contributed by atoms with E-state index in [1.165, 1.54) is 24.4 Å². The van der Waals surface area contributed by atoms with Gasteiger partial charge < -0.3 is 10.6 Å². The number of esters is 1. The molecule has 6 nitrogen and oxygen atoms in total. The van der Waals surface area contributed by atoms with E-state index in [-0.39, 0.29) is 10.7 Å². The molecule has 0 amide bonds. The summed E-state index contributed by atoms with van der Waals surface area (Å²) in [6.45, 7) is 5.24. The molecule has 8 heteroatoms. The molecule has 1 aromatic rings. The molecule has 22 heavy (non-hydrogen) atoms. The number of ketones is 1. The molecule has 1 aromatic heterocycles. The number of halogens is 2. The lowest BCUT2D eigenvalue weighted by molar-refractivity contribution is -0.148. The fourth-order valence-corrected chi connectivity index (χ4v) is 1.69. The third kappa shape index (κ3) is 5.46. The number of rotatable bonds is 4. The lowest BCUT2D eigenvalue weighted by Crippen LogP contribution is -2.22. The van der Waals surface area contributed by atoms with Crippen molar-refractivity contribution in [1.82, 2.24) is 4.98 Å². The third-order valence-corrected chi connectivity index (χ3v) is 2.73. The summed E-state index contributed by atoms with van der Waals surface area (Å²) in [4.78, 5) is 27.6. The van der Waals surface area contributed by atoms with Gasteiger partial charge in [0.1, 0.15) is 10.8 Å². The number of pyridine rings is 1. The fourth-order valence-electron chi connectivity index (χ4n) is 1.43. The summed E-state index contributed by atoms with van der Waals surface area (Å²) in [7, 11) is 0. The summed E-state index contributed by atoms with van der Waals surface area (Å²) >= 11 is 11.4. The molecule has 0 spiro atoms. The van der Waals surface area contributed by atoms with Crippen LogP contribution in [0.15, 0.2) is 23.4 Å². The molecule has 0 radical (unpaired) electrons. The number of hydrogen-bond acceptors (Lipinski definition) is 6. The van der Waals surface area contributed by atoms with Gasteiger partial charge in [0.25, 0.3) is 0 Å². The van der Waals surface area contributed by atoms with Crippen molar-refractivity contribution in [2.75, 3.05) is 0 Å². The lowest BCUT2D eigenvalue weighted by Gasteiger charge is -2.17. The Kier molecular flexibility index (Phi) is 6.08. The topological polar surface area (TPSA) is 94.6 Å². The summed E-state index contributed by atoms with van der Waals surface area (Å²) < 4.78 is 5.13. The molecule has 0 saturated carbocycles. The summed E-state index contributed by atoms with van der Waals surface area (Å²) in [6, 6.07) is 1.31. The maximum Gasteiger partial charge on any atom is 0.331 e. The number of nitrogens with two attached hydrogens (primary N) is 1. The Morgan fingerprint density at radius 1 is 1.41 bits per heavy atom. The highest BCUT2D eigenvalue weighted by molar-refractivity contribution is 6.85. The molecule has 0 aliphatic heterocycles. The summed E-state index contributed by atoms with van der Waals surface area (Å²) in [6.07, 6.45) is 3.89. The number of hydrogen-bond donors (Lipinski definition) is 1. The highest BCUT2D eigenvalue weighted by atomic mass is 35.5. The first-order valence-electron chi connectivity index (χ1n) is 6.18. The van der Waals surface area contributed by atoms with E-state index < -0.39 is 22.5 Å². The average Bonchev–Trinajstić information content (AvgIpc) is 2.42. The number of carbonyl (C=O) groups is 2. The molecule has 0 bridgehead atoms. The van der Waals surface area contributed by atoms with E-state index in [1.54, 1.807) is 20.8 Å². The van der Waals surface area contributed by atoms with E-state index in [9.17, 15) is 9.59 Å². The van der Waals surface area contributed by atoms with E-state index in [4.69, 9.17) is 33.8 Å². The molecule has 0 atom stereocenters. The maximum absolute atomic E-state index is 12.0. The minimum atomic E-state index is -0.627. The zero-order valence-electron chi connectivity index (χ0n) is 12.3. The first-order valence-corrected chi connectivity index (χ1v) is 6.94. The first-order chi connectivity index (χ1) is 10.1. The third-order valence-electron chi connectivity index (χ3n) is 2.25. The van der Waals surface area contributed by atoms with Crippen molar-refractivity contribution in [3.05, 3.63) is 34.6 Å². The van der Waals surface area contributed by atoms with Gasteiger partial charge in [-0.1, -0.05) is 23.2 Å². The van der Waals surface area contributed by atoms with Crippen LogP contribution >= 0.6 is 23.2 Å². The average molecular weight is 344 g/mol. The predicted octanol–water partition coefficient (Wildman–Crippen LogP) is 2.78. The summed E-state index contributed by atoms with van der Waals surface area (Å²) in [5.74, 6) is 3.80. The molecule has 118 valence electrons. The first kappa shape index (κ1) is 18.1. The molecule has 0 fully saturated rings. The second-order valence-corrected chi connectivity index (χ2v) is 5.96. The Morgan fingerprint density at radius 2 is 2.05 bits per heavy atom. The van der Waals surface area contributed by atoms with E-state index >= 15 is 0 Å². The quantitative estimate of drug-likeness (QED) is 0.172. The van der Waals surface area contributed by atoms with Crippen LogP contribution in [0.2, 0.25) is 5.15 Å². The van der Waals surface area contributed by atoms with Gasteiger partial charge in [-0.15, -0.1) is 0 Å². The van der Waals surface area contributed by atoms with Crippen LogP contribution in [0.25, 0.3) is 6.08 Å². The molecule has 0 saturated heterocycles. The van der Waals surface area contributed by atoms with Crippen LogP contribution in [-0.4, -0.2) is 27.5 Å². The van der Waals surface area contributed by atoms with E-state index in [0.29, 0.717) is 5.56 Å². The molecule has 0 aliphatic rings. The largest absolute Gasteiger partial charge is 0.457 e. The van der Waals surface area contributed by atoms with E-state index in [1.807, 2.05) is 0 Å². The zero-order chi connectivity index (χ0) is 16.9. The lowest BCUT2D eigenvalue weighted by atomic mass is 10.1. The highest BCUT2D eigenvalue weighted by Gasteiger charge is 2.17. The minimum absolute atomic E-state index is 0.0965. The molecule has 0 aliphatic carbocycles. The number of aromatic nitrogens is 1. The van der Waals surface area contributed by atoms with Gasteiger partial charge in [0.2, 0.25) is 5.78 Å². The molecular weight excluding hydrogens is 329 g/mol. The molecular formula is C14H15Cl2N3O3. The van der Waals surface area contributed by atoms with E-state index in [0.717, 1.165) is 0 Å². The Hall–Kier alpha value is -1.92. The second kappa shape index (κ2) is 7.38. The SMILES string of the molecule is CC(C)(C)OC(=O)/C=C/c1cnc(Cl)cc1C(=O)/C(Cl)=N\N. The van der Waals surface area contributed by atoms with Crippen LogP contribution in [0.3, 0.4) is 0 Å². The summed E-state index contributed by atoms with van der Waals surface area (Å²) in [5.41, 5.74) is -0.158. The molecule has 1 rings (SSSR count). The van der Waals surface area contributed by atoms with Crippen LogP contribution in [0, 0.1) is 0 Å². The van der Waals surface area contributed by atoms with Crippen molar-refractivity contribution in [2.24, 2.45) is 10.9 Å². The van der Waals surface area contributed by atoms with Crippen molar-refractivity contribution < 1.29 is 14.3 Å². The van der Waals surface area contributed by atoms with Crippen LogP contribution in [0.1, 0.15) is 36.7 Å². The van der Waals surface area contributed by atoms with Crippen LogP contribution in [0.4, 0.5) is 0 Å². The van der Waals surface area contributed by atoms with Crippen molar-refractivity contribution in [2.45, 2.75) is 26.4 Å². The maximum atomic E-state index is 12.0. The molecule has 0 unspecified atom stereocenters. The number of hydrazone groups is 1. The van der Waals surface area contributed by atoms with Gasteiger partial charge in [-0.2, -0.15) is 5.10 Å². The van der Waals surface area contributed by atoms with Gasteiger partial charge in [-0.3, -0.25) is 4.79 Å². The Labute approximate surface area is 137 Å². The van der Waals surface area contributed by atoms with Crippen molar-refractivity contribution in [3.63, 3.8) is 0 Å². The van der Waals surface area contributed by atoms with Crippen molar-refractivity contribution in [1.29, 1.82) is 0 Å². The number of Topliss-reactive ketones (excluding diaryl/α,β-unsaturated/α-hetero) is 1. The van der Waals surface area contributed by atoms with Gasteiger partial charge >= 0.3 is 5.97 Å². The van der Waals surface area contributed by atoms with Crippen LogP contribution in [0.5, 0.6) is 0 Å². The molecule has 0 aromatic carbocycles. The monoisotopic (exact) mass is 343 g/mol. The standard InChI is InChI=1S/C14H15Cl2N3O3/c1-14(2,3)22-11(20)5-4-8-7-18-10(15)6-9(8)12(21)13(16)19-17/h4-7H,17H2,1-3H3/b5-4+,19-13+. The molecule has 1 heterocycles. The fraction of sp³-hybridized carbons (Fsp3) is 0.286. The van der Waals surface area contributed by atoms with Gasteiger partial charge in [0, 0.05) is 23.4 Å². The second-order valence-electron chi connectivity index (χ2n) is 5.21. The van der Waals surface area contributed by atoms with E-state index in [2.05, 4.69) is 10.1 Å². The molecule has 2 N–H and O–H groups in total. The minimum Gasteiger partial charge on any atom is -0.457 e. The normalized spacial score (nSPS) is 12.5.